The van der Waals surface area contributed by atoms with E-state index in [9.17, 15) is 9.90 Å². The molecule has 0 unspecified atom stereocenters. The fourth-order valence-electron chi connectivity index (χ4n) is 2.39. The molecule has 1 aliphatic rings. The summed E-state index contributed by atoms with van der Waals surface area (Å²) in [6, 6.07) is 1.71. The number of hydrogen-bond donors (Lipinski definition) is 2. The number of pyridine rings is 1. The van der Waals surface area contributed by atoms with Crippen LogP contribution in [0.1, 0.15) is 35.2 Å². The van der Waals surface area contributed by atoms with Gasteiger partial charge in [-0.25, -0.2) is 0 Å². The second kappa shape index (κ2) is 7.21. The zero-order valence-electron chi connectivity index (χ0n) is 12.1. The Hall–Kier alpha value is -1.90. The van der Waals surface area contributed by atoms with Crippen LogP contribution in [0.25, 0.3) is 0 Å². The topological polar surface area (TPSA) is 73.7 Å². The first kappa shape index (κ1) is 15.5. The first-order valence-corrected chi connectivity index (χ1v) is 7.08. The van der Waals surface area contributed by atoms with E-state index in [2.05, 4.69) is 16.8 Å². The molecule has 0 aromatic carbocycles. The zero-order valence-corrected chi connectivity index (χ0v) is 12.1. The van der Waals surface area contributed by atoms with E-state index in [0.717, 1.165) is 12.8 Å². The van der Waals surface area contributed by atoms with Crippen LogP contribution >= 0.6 is 0 Å². The van der Waals surface area contributed by atoms with E-state index >= 15 is 0 Å². The second-order valence-electron chi connectivity index (χ2n) is 5.41. The van der Waals surface area contributed by atoms with Crippen molar-refractivity contribution in [3.05, 3.63) is 29.6 Å². The normalized spacial score (nSPS) is 20.1. The Morgan fingerprint density at radius 2 is 2.24 bits per heavy atom. The predicted octanol–water partition coefficient (Wildman–Crippen LogP) is 0.658. The molecule has 0 bridgehead atoms. The summed E-state index contributed by atoms with van der Waals surface area (Å²) in [6.45, 7) is 0.672. The minimum absolute atomic E-state index is 0.0228. The number of aliphatic hydroxyl groups is 2. The third kappa shape index (κ3) is 4.28. The van der Waals surface area contributed by atoms with Crippen molar-refractivity contribution in [2.45, 2.75) is 25.4 Å². The molecule has 1 saturated carbocycles. The van der Waals surface area contributed by atoms with Crippen molar-refractivity contribution in [3.8, 4) is 11.8 Å². The highest BCUT2D eigenvalue weighted by Crippen LogP contribution is 2.27. The van der Waals surface area contributed by atoms with E-state index in [1.807, 2.05) is 0 Å². The molecule has 1 heterocycles. The molecule has 0 spiro atoms. The number of amides is 1. The standard InChI is InChI=1S/C16H20N2O3/c1-18(11-13-7-15(20)8-13)16(21)14-6-12(9-17-10-14)4-2-3-5-19/h6,9-10,13,15,19-20H,3,5,7-8,11H2,1H3. The van der Waals surface area contributed by atoms with Crippen molar-refractivity contribution in [1.29, 1.82) is 0 Å². The third-order valence-corrected chi connectivity index (χ3v) is 3.54. The van der Waals surface area contributed by atoms with Gasteiger partial charge in [0, 0.05) is 38.0 Å². The molecule has 0 aliphatic heterocycles. The summed E-state index contributed by atoms with van der Waals surface area (Å²) in [5, 5.41) is 18.0. The molecule has 1 aliphatic carbocycles. The summed E-state index contributed by atoms with van der Waals surface area (Å²) in [5.41, 5.74) is 1.18. The number of nitrogens with zero attached hydrogens (tertiary/aromatic N) is 2. The van der Waals surface area contributed by atoms with Gasteiger partial charge in [-0.05, 0) is 24.8 Å². The zero-order chi connectivity index (χ0) is 15.2. The molecule has 1 amide bonds. The van der Waals surface area contributed by atoms with E-state index in [-0.39, 0.29) is 18.6 Å². The highest BCUT2D eigenvalue weighted by molar-refractivity contribution is 5.94. The summed E-state index contributed by atoms with van der Waals surface area (Å²) < 4.78 is 0. The first-order chi connectivity index (χ1) is 10.1. The van der Waals surface area contributed by atoms with Gasteiger partial charge >= 0.3 is 0 Å². The molecule has 1 aromatic heterocycles. The average Bonchev–Trinajstić information content (AvgIpc) is 2.45. The molecular weight excluding hydrogens is 268 g/mol. The summed E-state index contributed by atoms with van der Waals surface area (Å²) in [5.74, 6) is 5.98. The van der Waals surface area contributed by atoms with Gasteiger partial charge in [-0.15, -0.1) is 0 Å². The minimum atomic E-state index is -0.203. The van der Waals surface area contributed by atoms with Gasteiger partial charge in [0.25, 0.3) is 5.91 Å². The van der Waals surface area contributed by atoms with Crippen molar-refractivity contribution in [2.75, 3.05) is 20.2 Å². The highest BCUT2D eigenvalue weighted by atomic mass is 16.3. The molecule has 112 valence electrons. The van der Waals surface area contributed by atoms with Crippen LogP contribution in [0.4, 0.5) is 0 Å². The number of hydrogen-bond acceptors (Lipinski definition) is 4. The van der Waals surface area contributed by atoms with Crippen LogP contribution in [-0.4, -0.2) is 52.3 Å². The maximum Gasteiger partial charge on any atom is 0.255 e. The minimum Gasteiger partial charge on any atom is -0.395 e. The molecule has 1 fully saturated rings. The van der Waals surface area contributed by atoms with Gasteiger partial charge in [-0.3, -0.25) is 9.78 Å². The van der Waals surface area contributed by atoms with Crippen molar-refractivity contribution in [1.82, 2.24) is 9.88 Å². The molecular formula is C16H20N2O3. The molecule has 1 aromatic rings. The van der Waals surface area contributed by atoms with Crippen LogP contribution in [0.3, 0.4) is 0 Å². The van der Waals surface area contributed by atoms with Gasteiger partial charge in [-0.2, -0.15) is 0 Å². The van der Waals surface area contributed by atoms with Gasteiger partial charge in [0.1, 0.15) is 0 Å². The Labute approximate surface area is 124 Å². The lowest BCUT2D eigenvalue weighted by atomic mass is 9.82. The van der Waals surface area contributed by atoms with Crippen LogP contribution in [0.15, 0.2) is 18.5 Å². The number of aromatic nitrogens is 1. The maximum absolute atomic E-state index is 12.3. The number of aliphatic hydroxyl groups excluding tert-OH is 2. The van der Waals surface area contributed by atoms with E-state index in [4.69, 9.17) is 5.11 Å². The molecule has 0 saturated heterocycles. The average molecular weight is 288 g/mol. The Morgan fingerprint density at radius 3 is 2.90 bits per heavy atom. The number of rotatable bonds is 4. The van der Waals surface area contributed by atoms with Crippen LogP contribution in [0.2, 0.25) is 0 Å². The van der Waals surface area contributed by atoms with E-state index in [1.54, 1.807) is 24.2 Å². The summed E-state index contributed by atoms with van der Waals surface area (Å²) >= 11 is 0. The SMILES string of the molecule is CN(CC1CC(O)C1)C(=O)c1cncc(C#CCCO)c1. The Bertz CT molecular complexity index is 556. The summed E-state index contributed by atoms with van der Waals surface area (Å²) in [7, 11) is 1.76. The van der Waals surface area contributed by atoms with Gasteiger partial charge in [0.05, 0.1) is 18.3 Å². The summed E-state index contributed by atoms with van der Waals surface area (Å²) in [6.07, 6.45) is 4.87. The fourth-order valence-corrected chi connectivity index (χ4v) is 2.39. The Morgan fingerprint density at radius 1 is 1.48 bits per heavy atom. The maximum atomic E-state index is 12.3. The van der Waals surface area contributed by atoms with Crippen LogP contribution in [0, 0.1) is 17.8 Å². The molecule has 21 heavy (non-hydrogen) atoms. The van der Waals surface area contributed by atoms with E-state index < -0.39 is 0 Å². The number of carbonyl (C=O) groups excluding carboxylic acids is 1. The highest BCUT2D eigenvalue weighted by Gasteiger charge is 2.29. The molecule has 0 radical (unpaired) electrons. The lowest BCUT2D eigenvalue weighted by Crippen LogP contribution is -2.39. The second-order valence-corrected chi connectivity index (χ2v) is 5.41. The Kier molecular flexibility index (Phi) is 5.32. The Balaban J connectivity index is 1.98. The molecule has 2 rings (SSSR count). The van der Waals surface area contributed by atoms with E-state index in [0.29, 0.717) is 30.0 Å². The van der Waals surface area contributed by atoms with Crippen molar-refractivity contribution < 1.29 is 15.0 Å². The first-order valence-electron chi connectivity index (χ1n) is 7.08. The van der Waals surface area contributed by atoms with Gasteiger partial charge in [-0.1, -0.05) is 11.8 Å². The lowest BCUT2D eigenvalue weighted by Gasteiger charge is -2.34. The molecule has 2 N–H and O–H groups in total. The van der Waals surface area contributed by atoms with Gasteiger partial charge in [0.2, 0.25) is 0 Å². The van der Waals surface area contributed by atoms with Gasteiger partial charge in [0.15, 0.2) is 0 Å². The van der Waals surface area contributed by atoms with Crippen LogP contribution in [0.5, 0.6) is 0 Å². The monoisotopic (exact) mass is 288 g/mol. The van der Waals surface area contributed by atoms with Crippen LogP contribution < -0.4 is 0 Å². The van der Waals surface area contributed by atoms with Gasteiger partial charge < -0.3 is 15.1 Å². The largest absolute Gasteiger partial charge is 0.395 e. The van der Waals surface area contributed by atoms with Crippen molar-refractivity contribution in [2.24, 2.45) is 5.92 Å². The number of carbonyl (C=O) groups is 1. The summed E-state index contributed by atoms with van der Waals surface area (Å²) in [4.78, 5) is 18.0. The van der Waals surface area contributed by atoms with E-state index in [1.165, 1.54) is 6.20 Å². The third-order valence-electron chi connectivity index (χ3n) is 3.54. The van der Waals surface area contributed by atoms with Crippen LogP contribution in [-0.2, 0) is 0 Å². The van der Waals surface area contributed by atoms with Crippen molar-refractivity contribution >= 4 is 5.91 Å². The molecule has 5 heteroatoms. The fraction of sp³-hybridized carbons (Fsp3) is 0.500. The molecule has 0 atom stereocenters. The quantitative estimate of drug-likeness (QED) is 0.798. The molecule has 5 nitrogen and oxygen atoms in total. The van der Waals surface area contributed by atoms with Crippen molar-refractivity contribution in [3.63, 3.8) is 0 Å². The lowest BCUT2D eigenvalue weighted by molar-refractivity contribution is 0.0265. The smallest absolute Gasteiger partial charge is 0.255 e. The predicted molar refractivity (Wildman–Crippen MR) is 78.5 cm³/mol.